The first-order valence-electron chi connectivity index (χ1n) is 10.8. The van der Waals surface area contributed by atoms with E-state index in [4.69, 9.17) is 11.6 Å². The topological polar surface area (TPSA) is 104 Å². The molecule has 7 nitrogen and oxygen atoms in total. The average molecular weight is 532 g/mol. The standard InChI is InChI=1S/C25H26ClN3O4S2/c1-16(2)27-24(30)15-34-22-11-7-4-8-19(22)25(31)28-18-13-12-17(3)23(14-18)35(32,33)29-21-10-6-5-9-20(21)26/h4-14,16,29H,15H2,1-3H3,(H,27,30)(H,28,31). The number of carbonyl (C=O) groups excluding carboxylic acids is 2. The van der Waals surface area contributed by atoms with Gasteiger partial charge in [-0.1, -0.05) is 41.9 Å². The molecule has 0 bridgehead atoms. The van der Waals surface area contributed by atoms with Gasteiger partial charge in [-0.05, 0) is 62.7 Å². The van der Waals surface area contributed by atoms with Crippen molar-refractivity contribution in [1.82, 2.24) is 5.32 Å². The zero-order valence-electron chi connectivity index (χ0n) is 19.5. The second-order valence-electron chi connectivity index (χ2n) is 8.03. The molecule has 0 fully saturated rings. The van der Waals surface area contributed by atoms with Crippen LogP contribution >= 0.6 is 23.4 Å². The molecule has 2 amide bonds. The van der Waals surface area contributed by atoms with Gasteiger partial charge in [0.1, 0.15) is 0 Å². The first-order chi connectivity index (χ1) is 16.6. The Hall–Kier alpha value is -3.01. The van der Waals surface area contributed by atoms with Crippen LogP contribution in [0.2, 0.25) is 5.02 Å². The van der Waals surface area contributed by atoms with Gasteiger partial charge in [0.15, 0.2) is 0 Å². The second kappa shape index (κ2) is 11.6. The van der Waals surface area contributed by atoms with E-state index < -0.39 is 15.9 Å². The van der Waals surface area contributed by atoms with Crippen molar-refractivity contribution in [2.45, 2.75) is 36.6 Å². The first-order valence-corrected chi connectivity index (χ1v) is 13.6. The van der Waals surface area contributed by atoms with Gasteiger partial charge in [0.25, 0.3) is 15.9 Å². The van der Waals surface area contributed by atoms with Crippen molar-refractivity contribution < 1.29 is 18.0 Å². The van der Waals surface area contributed by atoms with Crippen LogP contribution in [0.3, 0.4) is 0 Å². The number of sulfonamides is 1. The smallest absolute Gasteiger partial charge is 0.262 e. The van der Waals surface area contributed by atoms with E-state index in [1.165, 1.54) is 17.8 Å². The van der Waals surface area contributed by atoms with Gasteiger partial charge in [0, 0.05) is 16.6 Å². The Morgan fingerprint density at radius 3 is 2.40 bits per heavy atom. The summed E-state index contributed by atoms with van der Waals surface area (Å²) < 4.78 is 28.6. The summed E-state index contributed by atoms with van der Waals surface area (Å²) >= 11 is 7.36. The number of amides is 2. The average Bonchev–Trinajstić information content (AvgIpc) is 2.80. The molecule has 0 aliphatic rings. The first kappa shape index (κ1) is 26.6. The molecule has 0 aliphatic heterocycles. The van der Waals surface area contributed by atoms with Crippen molar-refractivity contribution in [2.24, 2.45) is 0 Å². The van der Waals surface area contributed by atoms with Crippen molar-refractivity contribution in [3.8, 4) is 0 Å². The van der Waals surface area contributed by atoms with E-state index in [1.807, 2.05) is 13.8 Å². The minimum absolute atomic E-state index is 0.0169. The molecule has 0 saturated heterocycles. The summed E-state index contributed by atoms with van der Waals surface area (Å²) in [7, 11) is -3.96. The lowest BCUT2D eigenvalue weighted by atomic mass is 10.2. The number of aryl methyl sites for hydroxylation is 1. The van der Waals surface area contributed by atoms with E-state index in [2.05, 4.69) is 15.4 Å². The number of anilines is 2. The fourth-order valence-electron chi connectivity index (χ4n) is 3.20. The number of nitrogens with one attached hydrogen (secondary N) is 3. The normalized spacial score (nSPS) is 11.2. The maximum atomic E-state index is 13.0. The molecule has 3 aromatic carbocycles. The van der Waals surface area contributed by atoms with Crippen molar-refractivity contribution in [3.05, 3.63) is 82.9 Å². The van der Waals surface area contributed by atoms with Gasteiger partial charge in [-0.3, -0.25) is 14.3 Å². The van der Waals surface area contributed by atoms with Crippen LogP contribution in [0.15, 0.2) is 76.5 Å². The van der Waals surface area contributed by atoms with Crippen molar-refractivity contribution in [3.63, 3.8) is 0 Å². The molecular formula is C25H26ClN3O4S2. The summed E-state index contributed by atoms with van der Waals surface area (Å²) in [6, 6.07) is 18.2. The molecule has 0 aromatic heterocycles. The van der Waals surface area contributed by atoms with Crippen LogP contribution in [0.1, 0.15) is 29.8 Å². The molecule has 0 aliphatic carbocycles. The minimum Gasteiger partial charge on any atom is -0.353 e. The molecule has 10 heteroatoms. The lowest BCUT2D eigenvalue weighted by Crippen LogP contribution is -2.31. The molecule has 0 spiro atoms. The molecule has 35 heavy (non-hydrogen) atoms. The van der Waals surface area contributed by atoms with Gasteiger partial charge in [0.05, 0.1) is 26.9 Å². The van der Waals surface area contributed by atoms with Crippen molar-refractivity contribution >= 4 is 56.6 Å². The number of benzene rings is 3. The summed E-state index contributed by atoms with van der Waals surface area (Å²) in [5.74, 6) is -0.369. The number of hydrogen-bond donors (Lipinski definition) is 3. The SMILES string of the molecule is Cc1ccc(NC(=O)c2ccccc2SCC(=O)NC(C)C)cc1S(=O)(=O)Nc1ccccc1Cl. The van der Waals surface area contributed by atoms with Gasteiger partial charge in [0.2, 0.25) is 5.91 Å². The number of thioether (sulfide) groups is 1. The molecule has 3 aromatic rings. The highest BCUT2D eigenvalue weighted by atomic mass is 35.5. The predicted molar refractivity (Wildman–Crippen MR) is 142 cm³/mol. The lowest BCUT2D eigenvalue weighted by molar-refractivity contribution is -0.119. The fraction of sp³-hybridized carbons (Fsp3) is 0.200. The van der Waals surface area contributed by atoms with Gasteiger partial charge in [-0.15, -0.1) is 11.8 Å². The third kappa shape index (κ3) is 7.24. The maximum Gasteiger partial charge on any atom is 0.262 e. The van der Waals surface area contributed by atoms with Crippen LogP contribution < -0.4 is 15.4 Å². The molecule has 0 saturated carbocycles. The molecule has 0 unspecified atom stereocenters. The van der Waals surface area contributed by atoms with Gasteiger partial charge >= 0.3 is 0 Å². The van der Waals surface area contributed by atoms with E-state index >= 15 is 0 Å². The van der Waals surface area contributed by atoms with E-state index in [0.29, 0.717) is 21.7 Å². The second-order valence-corrected chi connectivity index (χ2v) is 11.1. The number of hydrogen-bond acceptors (Lipinski definition) is 5. The Kier molecular flexibility index (Phi) is 8.82. The van der Waals surface area contributed by atoms with Gasteiger partial charge in [-0.2, -0.15) is 0 Å². The Balaban J connectivity index is 1.80. The van der Waals surface area contributed by atoms with Crippen LogP contribution in [0.5, 0.6) is 0 Å². The van der Waals surface area contributed by atoms with Crippen LogP contribution in [-0.2, 0) is 14.8 Å². The summed E-state index contributed by atoms with van der Waals surface area (Å²) in [6.07, 6.45) is 0. The molecular weight excluding hydrogens is 506 g/mol. The zero-order valence-corrected chi connectivity index (χ0v) is 21.9. The summed E-state index contributed by atoms with van der Waals surface area (Å²) in [5.41, 5.74) is 1.47. The fourth-order valence-corrected chi connectivity index (χ4v) is 5.65. The highest BCUT2D eigenvalue weighted by Gasteiger charge is 2.20. The van der Waals surface area contributed by atoms with Gasteiger partial charge in [-0.25, -0.2) is 8.42 Å². The van der Waals surface area contributed by atoms with Crippen LogP contribution in [0, 0.1) is 6.92 Å². The number of rotatable bonds is 9. The minimum atomic E-state index is -3.96. The van der Waals surface area contributed by atoms with Crippen molar-refractivity contribution in [1.29, 1.82) is 0 Å². The highest BCUT2D eigenvalue weighted by molar-refractivity contribution is 8.00. The quantitative estimate of drug-likeness (QED) is 0.324. The van der Waals surface area contributed by atoms with E-state index in [9.17, 15) is 18.0 Å². The molecule has 3 N–H and O–H groups in total. The van der Waals surface area contributed by atoms with Crippen LogP contribution in [-0.4, -0.2) is 32.0 Å². The third-order valence-electron chi connectivity index (χ3n) is 4.79. The van der Waals surface area contributed by atoms with Crippen LogP contribution in [0.25, 0.3) is 0 Å². The Morgan fingerprint density at radius 1 is 1.00 bits per heavy atom. The summed E-state index contributed by atoms with van der Waals surface area (Å²) in [5, 5.41) is 5.85. The molecule has 0 radical (unpaired) electrons. The van der Waals surface area contributed by atoms with Crippen molar-refractivity contribution in [2.75, 3.05) is 15.8 Å². The lowest BCUT2D eigenvalue weighted by Gasteiger charge is -2.14. The molecule has 0 atom stereocenters. The Morgan fingerprint density at radius 2 is 1.69 bits per heavy atom. The maximum absolute atomic E-state index is 13.0. The monoisotopic (exact) mass is 531 g/mol. The third-order valence-corrected chi connectivity index (χ3v) is 7.70. The number of halogens is 1. The Labute approximate surface area is 214 Å². The van der Waals surface area contributed by atoms with E-state index in [0.717, 1.165) is 0 Å². The molecule has 184 valence electrons. The van der Waals surface area contributed by atoms with Gasteiger partial charge < -0.3 is 10.6 Å². The molecule has 3 rings (SSSR count). The summed E-state index contributed by atoms with van der Waals surface area (Å²) in [4.78, 5) is 25.7. The zero-order chi connectivity index (χ0) is 25.6. The molecule has 0 heterocycles. The predicted octanol–water partition coefficient (Wildman–Crippen LogP) is 5.32. The number of carbonyl (C=O) groups is 2. The van der Waals surface area contributed by atoms with E-state index in [-0.39, 0.29) is 33.3 Å². The van der Waals surface area contributed by atoms with Crippen LogP contribution in [0.4, 0.5) is 11.4 Å². The number of para-hydroxylation sites is 1. The van der Waals surface area contributed by atoms with E-state index in [1.54, 1.807) is 67.6 Å². The highest BCUT2D eigenvalue weighted by Crippen LogP contribution is 2.28. The summed E-state index contributed by atoms with van der Waals surface area (Å²) in [6.45, 7) is 5.43. The Bertz CT molecular complexity index is 1340. The largest absolute Gasteiger partial charge is 0.353 e.